The number of rotatable bonds is 3. The van der Waals surface area contributed by atoms with E-state index in [-0.39, 0.29) is 0 Å². The number of nitrogens with two attached hydrogens (primary N) is 1. The van der Waals surface area contributed by atoms with Gasteiger partial charge in [0.2, 0.25) is 0 Å². The minimum Gasteiger partial charge on any atom is -0.396 e. The van der Waals surface area contributed by atoms with Crippen LogP contribution in [-0.4, -0.2) is 9.78 Å². The van der Waals surface area contributed by atoms with Crippen LogP contribution in [0.25, 0.3) is 10.6 Å². The first-order chi connectivity index (χ1) is 8.16. The Kier molecular flexibility index (Phi) is 2.47. The van der Waals surface area contributed by atoms with Gasteiger partial charge in [0.15, 0.2) is 0 Å². The third-order valence-corrected chi connectivity index (χ3v) is 4.58. The number of anilines is 1. The SMILES string of the molecule is Cc1ccsc1-c1nn(C(C)C2CC2)cc1N. The molecule has 1 unspecified atom stereocenters. The Bertz CT molecular complexity index is 537. The molecule has 90 valence electrons. The maximum Gasteiger partial charge on any atom is 0.125 e. The molecular weight excluding hydrogens is 230 g/mol. The first-order valence-electron chi connectivity index (χ1n) is 6.06. The molecule has 0 bridgehead atoms. The van der Waals surface area contributed by atoms with Gasteiger partial charge in [-0.05, 0) is 49.6 Å². The standard InChI is InChI=1S/C13H17N3S/c1-8-5-6-17-13(8)12-11(14)7-16(15-12)9(2)10-3-4-10/h5-7,9-10H,3-4,14H2,1-2H3. The van der Waals surface area contributed by atoms with Gasteiger partial charge in [0.25, 0.3) is 0 Å². The fourth-order valence-corrected chi connectivity index (χ4v) is 3.13. The Hall–Kier alpha value is -1.29. The first kappa shape index (κ1) is 10.8. The zero-order chi connectivity index (χ0) is 12.0. The predicted molar refractivity (Wildman–Crippen MR) is 72.1 cm³/mol. The Labute approximate surface area is 105 Å². The summed E-state index contributed by atoms with van der Waals surface area (Å²) < 4.78 is 2.04. The summed E-state index contributed by atoms with van der Waals surface area (Å²) in [7, 11) is 0. The molecule has 0 saturated heterocycles. The van der Waals surface area contributed by atoms with Gasteiger partial charge in [-0.15, -0.1) is 11.3 Å². The molecule has 2 heterocycles. The maximum atomic E-state index is 6.08. The fraction of sp³-hybridized carbons (Fsp3) is 0.462. The van der Waals surface area contributed by atoms with Gasteiger partial charge in [0.1, 0.15) is 5.69 Å². The van der Waals surface area contributed by atoms with E-state index in [1.54, 1.807) is 11.3 Å². The van der Waals surface area contributed by atoms with Crippen molar-refractivity contribution in [2.75, 3.05) is 5.73 Å². The molecule has 0 spiro atoms. The maximum absolute atomic E-state index is 6.08. The van der Waals surface area contributed by atoms with Crippen molar-refractivity contribution in [1.29, 1.82) is 0 Å². The Morgan fingerprint density at radius 1 is 1.53 bits per heavy atom. The summed E-state index contributed by atoms with van der Waals surface area (Å²) in [5.41, 5.74) is 9.08. The lowest BCUT2D eigenvalue weighted by atomic mass is 10.2. The molecule has 3 nitrogen and oxygen atoms in total. The summed E-state index contributed by atoms with van der Waals surface area (Å²) >= 11 is 1.71. The number of aromatic nitrogens is 2. The van der Waals surface area contributed by atoms with Crippen molar-refractivity contribution >= 4 is 17.0 Å². The number of nitrogens with zero attached hydrogens (tertiary/aromatic N) is 2. The van der Waals surface area contributed by atoms with Gasteiger partial charge in [0, 0.05) is 6.20 Å². The smallest absolute Gasteiger partial charge is 0.125 e. The second-order valence-corrected chi connectivity index (χ2v) is 5.84. The second-order valence-electron chi connectivity index (χ2n) is 4.92. The summed E-state index contributed by atoms with van der Waals surface area (Å²) in [4.78, 5) is 1.20. The van der Waals surface area contributed by atoms with E-state index in [4.69, 9.17) is 5.73 Å². The van der Waals surface area contributed by atoms with Crippen LogP contribution in [0, 0.1) is 12.8 Å². The van der Waals surface area contributed by atoms with Crippen molar-refractivity contribution in [3.05, 3.63) is 23.2 Å². The molecule has 1 saturated carbocycles. The van der Waals surface area contributed by atoms with Crippen LogP contribution < -0.4 is 5.73 Å². The van der Waals surface area contributed by atoms with E-state index in [0.29, 0.717) is 6.04 Å². The molecule has 0 radical (unpaired) electrons. The average molecular weight is 247 g/mol. The highest BCUT2D eigenvalue weighted by atomic mass is 32.1. The summed E-state index contributed by atoms with van der Waals surface area (Å²) in [6.07, 6.45) is 4.64. The molecule has 1 aliphatic carbocycles. The Morgan fingerprint density at radius 2 is 2.29 bits per heavy atom. The summed E-state index contributed by atoms with van der Waals surface area (Å²) in [5.74, 6) is 0.798. The van der Waals surface area contributed by atoms with Crippen molar-refractivity contribution in [3.63, 3.8) is 0 Å². The molecule has 0 amide bonds. The van der Waals surface area contributed by atoms with Crippen molar-refractivity contribution in [1.82, 2.24) is 9.78 Å². The molecule has 17 heavy (non-hydrogen) atoms. The topological polar surface area (TPSA) is 43.8 Å². The summed E-state index contributed by atoms with van der Waals surface area (Å²) in [6.45, 7) is 4.34. The third-order valence-electron chi connectivity index (χ3n) is 3.56. The van der Waals surface area contributed by atoms with Crippen LogP contribution >= 0.6 is 11.3 Å². The van der Waals surface area contributed by atoms with Gasteiger partial charge >= 0.3 is 0 Å². The first-order valence-corrected chi connectivity index (χ1v) is 6.94. The van der Waals surface area contributed by atoms with Gasteiger partial charge in [0.05, 0.1) is 16.6 Å². The van der Waals surface area contributed by atoms with E-state index in [1.165, 1.54) is 23.3 Å². The van der Waals surface area contributed by atoms with Gasteiger partial charge in [-0.3, -0.25) is 4.68 Å². The number of thiophene rings is 1. The van der Waals surface area contributed by atoms with Gasteiger partial charge in [-0.25, -0.2) is 0 Å². The molecule has 1 fully saturated rings. The molecule has 4 heteroatoms. The molecule has 3 rings (SSSR count). The lowest BCUT2D eigenvalue weighted by Gasteiger charge is -2.09. The Morgan fingerprint density at radius 3 is 2.88 bits per heavy atom. The average Bonchev–Trinajstić information content (AvgIpc) is 2.97. The van der Waals surface area contributed by atoms with E-state index < -0.39 is 0 Å². The largest absolute Gasteiger partial charge is 0.396 e. The predicted octanol–water partition coefficient (Wildman–Crippen LogP) is 3.47. The minimum absolute atomic E-state index is 0.478. The van der Waals surface area contributed by atoms with E-state index in [9.17, 15) is 0 Å². The molecule has 0 aliphatic heterocycles. The molecule has 2 N–H and O–H groups in total. The normalized spacial score (nSPS) is 17.3. The van der Waals surface area contributed by atoms with Crippen LogP contribution in [0.2, 0.25) is 0 Å². The quantitative estimate of drug-likeness (QED) is 0.902. The van der Waals surface area contributed by atoms with E-state index in [1.807, 2.05) is 10.9 Å². The second kappa shape index (κ2) is 3.88. The van der Waals surface area contributed by atoms with Gasteiger partial charge < -0.3 is 5.73 Å². The molecule has 1 atom stereocenters. The van der Waals surface area contributed by atoms with Gasteiger partial charge in [-0.1, -0.05) is 0 Å². The molecule has 2 aromatic rings. The third kappa shape index (κ3) is 1.86. The van der Waals surface area contributed by atoms with Crippen LogP contribution in [0.15, 0.2) is 17.6 Å². The highest BCUT2D eigenvalue weighted by molar-refractivity contribution is 7.13. The minimum atomic E-state index is 0.478. The molecule has 0 aromatic carbocycles. The van der Waals surface area contributed by atoms with E-state index in [0.717, 1.165) is 17.3 Å². The lowest BCUT2D eigenvalue weighted by molar-refractivity contribution is 0.441. The monoisotopic (exact) mass is 247 g/mol. The van der Waals surface area contributed by atoms with Crippen LogP contribution in [0.5, 0.6) is 0 Å². The fourth-order valence-electron chi connectivity index (χ4n) is 2.20. The van der Waals surface area contributed by atoms with Crippen LogP contribution in [0.3, 0.4) is 0 Å². The Balaban J connectivity index is 1.98. The van der Waals surface area contributed by atoms with Crippen LogP contribution in [-0.2, 0) is 0 Å². The van der Waals surface area contributed by atoms with E-state index >= 15 is 0 Å². The highest BCUT2D eigenvalue weighted by Crippen LogP contribution is 2.40. The molecular formula is C13H17N3S. The van der Waals surface area contributed by atoms with Crippen LogP contribution in [0.1, 0.15) is 31.4 Å². The zero-order valence-corrected chi connectivity index (χ0v) is 11.0. The van der Waals surface area contributed by atoms with Crippen molar-refractivity contribution in [2.24, 2.45) is 5.92 Å². The van der Waals surface area contributed by atoms with Crippen molar-refractivity contribution in [2.45, 2.75) is 32.7 Å². The van der Waals surface area contributed by atoms with E-state index in [2.05, 4.69) is 30.4 Å². The number of aryl methyl sites for hydroxylation is 1. The number of hydrogen-bond acceptors (Lipinski definition) is 3. The van der Waals surface area contributed by atoms with Crippen LogP contribution in [0.4, 0.5) is 5.69 Å². The highest BCUT2D eigenvalue weighted by Gasteiger charge is 2.30. The molecule has 2 aromatic heterocycles. The lowest BCUT2D eigenvalue weighted by Crippen LogP contribution is -2.07. The number of nitrogen functional groups attached to an aromatic ring is 1. The van der Waals surface area contributed by atoms with Crippen molar-refractivity contribution < 1.29 is 0 Å². The number of hydrogen-bond donors (Lipinski definition) is 1. The summed E-state index contributed by atoms with van der Waals surface area (Å²) in [6, 6.07) is 2.59. The molecule has 1 aliphatic rings. The van der Waals surface area contributed by atoms with Gasteiger partial charge in [-0.2, -0.15) is 5.10 Å². The zero-order valence-electron chi connectivity index (χ0n) is 10.2. The summed E-state index contributed by atoms with van der Waals surface area (Å²) in [5, 5.41) is 6.77. The van der Waals surface area contributed by atoms with Crippen molar-refractivity contribution in [3.8, 4) is 10.6 Å².